The maximum absolute atomic E-state index is 13.8. The minimum atomic E-state index is -0.738. The zero-order valence-corrected chi connectivity index (χ0v) is 11.0. The molecule has 0 N–H and O–H groups in total. The van der Waals surface area contributed by atoms with E-state index in [4.69, 9.17) is 0 Å². The minimum absolute atomic E-state index is 0.0204. The molecular weight excluding hydrogens is 269 g/mol. The lowest BCUT2D eigenvalue weighted by Crippen LogP contribution is -2.30. The van der Waals surface area contributed by atoms with Crippen molar-refractivity contribution in [3.63, 3.8) is 0 Å². The fourth-order valence-electron chi connectivity index (χ4n) is 2.21. The summed E-state index contributed by atoms with van der Waals surface area (Å²) in [6, 6.07) is 13.3. The number of nitrogens with zero attached hydrogens (tertiary/aromatic N) is 1. The molecular formula is C17H10FNO2. The van der Waals surface area contributed by atoms with Gasteiger partial charge in [-0.2, -0.15) is 0 Å². The molecule has 102 valence electrons. The van der Waals surface area contributed by atoms with Crippen molar-refractivity contribution in [2.75, 3.05) is 11.4 Å². The molecule has 0 fully saturated rings. The summed E-state index contributed by atoms with van der Waals surface area (Å²) in [4.78, 5) is 24.8. The summed E-state index contributed by atoms with van der Waals surface area (Å²) in [5, 5.41) is 0. The van der Waals surface area contributed by atoms with Crippen LogP contribution >= 0.6 is 0 Å². The second-order valence-electron chi connectivity index (χ2n) is 4.52. The lowest BCUT2D eigenvalue weighted by Gasteiger charge is -2.13. The number of para-hydroxylation sites is 1. The molecule has 0 spiro atoms. The zero-order valence-electron chi connectivity index (χ0n) is 11.0. The monoisotopic (exact) mass is 279 g/mol. The molecule has 1 amide bonds. The zero-order chi connectivity index (χ0) is 14.8. The van der Waals surface area contributed by atoms with Crippen LogP contribution in [-0.2, 0) is 4.79 Å². The predicted molar refractivity (Wildman–Crippen MR) is 76.4 cm³/mol. The van der Waals surface area contributed by atoms with Gasteiger partial charge in [0.05, 0.1) is 17.8 Å². The van der Waals surface area contributed by atoms with Crippen molar-refractivity contribution in [3.8, 4) is 11.8 Å². The molecule has 1 aliphatic rings. The quantitative estimate of drug-likeness (QED) is 0.594. The molecule has 21 heavy (non-hydrogen) atoms. The Morgan fingerprint density at radius 2 is 1.76 bits per heavy atom. The van der Waals surface area contributed by atoms with Crippen LogP contribution in [0.25, 0.3) is 0 Å². The van der Waals surface area contributed by atoms with E-state index in [1.807, 2.05) is 30.3 Å². The number of benzene rings is 2. The van der Waals surface area contributed by atoms with E-state index in [1.165, 1.54) is 18.2 Å². The fourth-order valence-corrected chi connectivity index (χ4v) is 2.21. The molecule has 0 bridgehead atoms. The third-order valence-corrected chi connectivity index (χ3v) is 3.18. The highest BCUT2D eigenvalue weighted by atomic mass is 19.1. The number of amides is 1. The smallest absolute Gasteiger partial charge is 0.290 e. The summed E-state index contributed by atoms with van der Waals surface area (Å²) in [6.45, 7) is -0.0204. The molecule has 2 aromatic carbocycles. The van der Waals surface area contributed by atoms with Crippen LogP contribution in [0, 0.1) is 17.7 Å². The molecule has 3 nitrogen and oxygen atoms in total. The largest absolute Gasteiger partial charge is 0.300 e. The first-order valence-electron chi connectivity index (χ1n) is 6.37. The van der Waals surface area contributed by atoms with Crippen LogP contribution < -0.4 is 4.90 Å². The Kier molecular flexibility index (Phi) is 3.25. The number of fused-ring (bicyclic) bond motifs is 1. The van der Waals surface area contributed by atoms with Crippen molar-refractivity contribution < 1.29 is 14.0 Å². The summed E-state index contributed by atoms with van der Waals surface area (Å²) in [7, 11) is 0. The molecule has 1 heterocycles. The highest BCUT2D eigenvalue weighted by molar-refractivity contribution is 6.52. The predicted octanol–water partition coefficient (Wildman–Crippen LogP) is 2.41. The summed E-state index contributed by atoms with van der Waals surface area (Å²) in [6.07, 6.45) is 0. The first kappa shape index (κ1) is 13.1. The molecule has 0 aromatic heterocycles. The Bertz CT molecular complexity index is 787. The van der Waals surface area contributed by atoms with Gasteiger partial charge in [0.15, 0.2) is 0 Å². The molecule has 0 aliphatic carbocycles. The van der Waals surface area contributed by atoms with Gasteiger partial charge in [0.2, 0.25) is 0 Å². The standard InChI is InChI=1S/C17H10FNO2/c18-14-10-4-9-13-15(14)19(17(21)16(13)20)11-5-8-12-6-2-1-3-7-12/h1-4,6-7,9-10H,11H2. The topological polar surface area (TPSA) is 37.4 Å². The van der Waals surface area contributed by atoms with E-state index >= 15 is 0 Å². The van der Waals surface area contributed by atoms with Crippen LogP contribution in [0.2, 0.25) is 0 Å². The van der Waals surface area contributed by atoms with E-state index in [0.717, 1.165) is 10.5 Å². The van der Waals surface area contributed by atoms with Gasteiger partial charge in [-0.3, -0.25) is 14.5 Å². The van der Waals surface area contributed by atoms with E-state index in [1.54, 1.807) is 0 Å². The second-order valence-corrected chi connectivity index (χ2v) is 4.52. The minimum Gasteiger partial charge on any atom is -0.290 e. The van der Waals surface area contributed by atoms with E-state index in [-0.39, 0.29) is 17.8 Å². The van der Waals surface area contributed by atoms with Crippen molar-refractivity contribution >= 4 is 17.4 Å². The van der Waals surface area contributed by atoms with E-state index in [0.29, 0.717) is 0 Å². The van der Waals surface area contributed by atoms with Crippen LogP contribution in [-0.4, -0.2) is 18.2 Å². The Morgan fingerprint density at radius 3 is 2.52 bits per heavy atom. The van der Waals surface area contributed by atoms with Crippen molar-refractivity contribution in [2.24, 2.45) is 0 Å². The molecule has 0 unspecified atom stereocenters. The van der Waals surface area contributed by atoms with Gasteiger partial charge in [0.25, 0.3) is 11.7 Å². The molecule has 0 atom stereocenters. The van der Waals surface area contributed by atoms with Gasteiger partial charge in [0.1, 0.15) is 5.82 Å². The Hall–Kier alpha value is -2.93. The molecule has 4 heteroatoms. The first-order valence-corrected chi connectivity index (χ1v) is 6.37. The van der Waals surface area contributed by atoms with Gasteiger partial charge in [0, 0.05) is 5.56 Å². The van der Waals surface area contributed by atoms with Gasteiger partial charge in [-0.1, -0.05) is 36.1 Å². The second kappa shape index (κ2) is 5.22. The number of halogens is 1. The number of carbonyl (C=O) groups excluding carboxylic acids is 2. The van der Waals surface area contributed by atoms with Crippen LogP contribution in [0.15, 0.2) is 48.5 Å². The lowest BCUT2D eigenvalue weighted by molar-refractivity contribution is -0.114. The van der Waals surface area contributed by atoms with Crippen LogP contribution in [0.5, 0.6) is 0 Å². The average molecular weight is 279 g/mol. The van der Waals surface area contributed by atoms with E-state index < -0.39 is 17.5 Å². The molecule has 3 rings (SSSR count). The Labute approximate surface area is 121 Å². The number of ketones is 1. The van der Waals surface area contributed by atoms with Crippen LogP contribution in [0.4, 0.5) is 10.1 Å². The van der Waals surface area contributed by atoms with E-state index in [2.05, 4.69) is 11.8 Å². The number of rotatable bonds is 1. The summed E-state index contributed by atoms with van der Waals surface area (Å²) in [5.41, 5.74) is 0.917. The van der Waals surface area contributed by atoms with Crippen molar-refractivity contribution in [1.82, 2.24) is 0 Å². The third kappa shape index (κ3) is 2.30. The number of hydrogen-bond acceptors (Lipinski definition) is 2. The van der Waals surface area contributed by atoms with Gasteiger partial charge in [-0.15, -0.1) is 0 Å². The number of carbonyl (C=O) groups is 2. The summed E-state index contributed by atoms with van der Waals surface area (Å²) < 4.78 is 13.8. The SMILES string of the molecule is O=C1C(=O)N(CC#Cc2ccccc2)c2c(F)cccc21. The number of hydrogen-bond donors (Lipinski definition) is 0. The number of anilines is 1. The van der Waals surface area contributed by atoms with Gasteiger partial charge < -0.3 is 0 Å². The van der Waals surface area contributed by atoms with Crippen molar-refractivity contribution in [1.29, 1.82) is 0 Å². The molecule has 0 saturated heterocycles. The van der Waals surface area contributed by atoms with E-state index in [9.17, 15) is 14.0 Å². The lowest BCUT2D eigenvalue weighted by atomic mass is 10.1. The van der Waals surface area contributed by atoms with Gasteiger partial charge in [-0.25, -0.2) is 4.39 Å². The van der Waals surface area contributed by atoms with Crippen molar-refractivity contribution in [3.05, 3.63) is 65.5 Å². The first-order chi connectivity index (χ1) is 10.2. The normalized spacial score (nSPS) is 12.9. The van der Waals surface area contributed by atoms with Gasteiger partial charge in [-0.05, 0) is 24.3 Å². The molecule has 0 saturated carbocycles. The maximum atomic E-state index is 13.8. The number of Topliss-reactive ketones (excluding diaryl/α,β-unsaturated/α-hetero) is 1. The molecule has 0 radical (unpaired) electrons. The van der Waals surface area contributed by atoms with Crippen LogP contribution in [0.1, 0.15) is 15.9 Å². The average Bonchev–Trinajstić information content (AvgIpc) is 2.75. The van der Waals surface area contributed by atoms with Gasteiger partial charge >= 0.3 is 0 Å². The highest BCUT2D eigenvalue weighted by Gasteiger charge is 2.37. The third-order valence-electron chi connectivity index (χ3n) is 3.18. The summed E-state index contributed by atoms with van der Waals surface area (Å²) >= 11 is 0. The fraction of sp³-hybridized carbons (Fsp3) is 0.0588. The van der Waals surface area contributed by atoms with Crippen molar-refractivity contribution in [2.45, 2.75) is 0 Å². The molecule has 2 aromatic rings. The Morgan fingerprint density at radius 1 is 1.00 bits per heavy atom. The highest BCUT2D eigenvalue weighted by Crippen LogP contribution is 2.31. The van der Waals surface area contributed by atoms with Crippen LogP contribution in [0.3, 0.4) is 0 Å². The molecule has 1 aliphatic heterocycles. The Balaban J connectivity index is 1.90. The summed E-state index contributed by atoms with van der Waals surface area (Å²) in [5.74, 6) is 3.66. The maximum Gasteiger partial charge on any atom is 0.300 e.